The molecule has 1 aromatic heterocycles. The van der Waals surface area contributed by atoms with Gasteiger partial charge in [0.05, 0.1) is 28.8 Å². The fraction of sp³-hybridized carbons (Fsp3) is 0. The van der Waals surface area contributed by atoms with Crippen molar-refractivity contribution in [2.75, 3.05) is 10.6 Å². The van der Waals surface area contributed by atoms with Crippen molar-refractivity contribution in [2.24, 2.45) is 0 Å². The van der Waals surface area contributed by atoms with Crippen LogP contribution in [0.2, 0.25) is 0 Å². The maximum absolute atomic E-state index is 12.2. The quantitative estimate of drug-likeness (QED) is 0.753. The summed E-state index contributed by atoms with van der Waals surface area (Å²) in [5.41, 5.74) is 2.56. The van der Waals surface area contributed by atoms with E-state index in [0.29, 0.717) is 22.8 Å². The molecule has 26 heavy (non-hydrogen) atoms. The number of anilines is 3. The van der Waals surface area contributed by atoms with Gasteiger partial charge in [0, 0.05) is 23.8 Å². The number of carbonyl (C=O) groups is 1. The second-order valence-electron chi connectivity index (χ2n) is 5.26. The third-order valence-corrected chi connectivity index (χ3v) is 3.43. The Kier molecular flexibility index (Phi) is 4.83. The summed E-state index contributed by atoms with van der Waals surface area (Å²) >= 11 is 0. The molecule has 0 fully saturated rings. The highest BCUT2D eigenvalue weighted by molar-refractivity contribution is 6.04. The molecule has 0 saturated carbocycles. The minimum Gasteiger partial charge on any atom is -0.324 e. The average molecular weight is 340 g/mol. The van der Waals surface area contributed by atoms with Gasteiger partial charge in [-0.15, -0.1) is 0 Å². The zero-order valence-corrected chi connectivity index (χ0v) is 13.5. The van der Waals surface area contributed by atoms with E-state index < -0.39 is 0 Å². The van der Waals surface area contributed by atoms with Crippen LogP contribution >= 0.6 is 0 Å². The van der Waals surface area contributed by atoms with Crippen molar-refractivity contribution in [3.63, 3.8) is 0 Å². The van der Waals surface area contributed by atoms with Crippen molar-refractivity contribution in [3.05, 3.63) is 77.6 Å². The Hall–Kier alpha value is -4.23. The molecule has 124 valence electrons. The number of benzene rings is 2. The highest BCUT2D eigenvalue weighted by Crippen LogP contribution is 2.14. The number of carbonyl (C=O) groups excluding carboxylic acids is 1. The van der Waals surface area contributed by atoms with Crippen LogP contribution < -0.4 is 10.6 Å². The summed E-state index contributed by atoms with van der Waals surface area (Å²) in [6.07, 6.45) is 2.81. The number of nitrogens with one attached hydrogen (secondary N) is 2. The van der Waals surface area contributed by atoms with Crippen LogP contribution in [0.3, 0.4) is 0 Å². The molecule has 2 N–H and O–H groups in total. The lowest BCUT2D eigenvalue weighted by atomic mass is 10.2. The highest BCUT2D eigenvalue weighted by Gasteiger charge is 2.08. The zero-order valence-electron chi connectivity index (χ0n) is 13.5. The van der Waals surface area contributed by atoms with Gasteiger partial charge in [0.2, 0.25) is 5.95 Å². The molecule has 0 aliphatic carbocycles. The van der Waals surface area contributed by atoms with Crippen LogP contribution in [0.4, 0.5) is 17.3 Å². The smallest absolute Gasteiger partial charge is 0.258 e. The minimum absolute atomic E-state index is 0.290. The van der Waals surface area contributed by atoms with Gasteiger partial charge in [-0.2, -0.15) is 10.5 Å². The van der Waals surface area contributed by atoms with Gasteiger partial charge in [-0.1, -0.05) is 6.07 Å². The first-order valence-corrected chi connectivity index (χ1v) is 7.59. The van der Waals surface area contributed by atoms with Crippen LogP contribution in [0.5, 0.6) is 0 Å². The lowest BCUT2D eigenvalue weighted by Gasteiger charge is -2.07. The topological polar surface area (TPSA) is 114 Å². The number of amides is 1. The second-order valence-corrected chi connectivity index (χ2v) is 5.26. The average Bonchev–Trinajstić information content (AvgIpc) is 2.69. The van der Waals surface area contributed by atoms with Crippen molar-refractivity contribution in [1.29, 1.82) is 10.5 Å². The van der Waals surface area contributed by atoms with E-state index in [1.165, 1.54) is 12.4 Å². The van der Waals surface area contributed by atoms with Crippen molar-refractivity contribution in [3.8, 4) is 12.1 Å². The van der Waals surface area contributed by atoms with Crippen LogP contribution in [-0.4, -0.2) is 15.9 Å². The van der Waals surface area contributed by atoms with Gasteiger partial charge in [0.25, 0.3) is 5.91 Å². The predicted octanol–water partition coefficient (Wildman–Crippen LogP) is 3.22. The molecule has 0 radical (unpaired) electrons. The third-order valence-electron chi connectivity index (χ3n) is 3.43. The monoisotopic (exact) mass is 340 g/mol. The standard InChI is InChI=1S/C19H12N6O/c20-9-13-4-6-16(7-5-13)25-19-22-11-15(12-23-19)18(26)24-17-3-1-2-14(8-17)10-21/h1-8,11-12H,(H,24,26)(H,22,23,25). The van der Waals surface area contributed by atoms with E-state index in [0.717, 1.165) is 5.69 Å². The SMILES string of the molecule is N#Cc1ccc(Nc2ncc(C(=O)Nc3cccc(C#N)c3)cn2)cc1. The molecule has 0 bridgehead atoms. The van der Waals surface area contributed by atoms with Crippen LogP contribution in [-0.2, 0) is 0 Å². The van der Waals surface area contributed by atoms with E-state index >= 15 is 0 Å². The van der Waals surface area contributed by atoms with Crippen molar-refractivity contribution in [2.45, 2.75) is 0 Å². The second kappa shape index (κ2) is 7.56. The lowest BCUT2D eigenvalue weighted by molar-refractivity contribution is 0.102. The van der Waals surface area contributed by atoms with E-state index in [1.807, 2.05) is 12.1 Å². The maximum Gasteiger partial charge on any atom is 0.258 e. The molecular weight excluding hydrogens is 328 g/mol. The first-order valence-electron chi connectivity index (χ1n) is 7.59. The summed E-state index contributed by atoms with van der Waals surface area (Å²) in [6.45, 7) is 0. The Bertz CT molecular complexity index is 1010. The minimum atomic E-state index is -0.370. The molecule has 1 amide bonds. The Labute approximate surface area is 149 Å². The Morgan fingerprint density at radius 1 is 0.885 bits per heavy atom. The number of rotatable bonds is 4. The van der Waals surface area contributed by atoms with Crippen LogP contribution in [0.1, 0.15) is 21.5 Å². The zero-order chi connectivity index (χ0) is 18.4. The molecule has 0 aliphatic rings. The summed E-state index contributed by atoms with van der Waals surface area (Å²) in [5, 5.41) is 23.4. The molecule has 0 atom stereocenters. The molecule has 1 heterocycles. The number of nitriles is 2. The molecule has 3 aromatic rings. The molecule has 0 aliphatic heterocycles. The summed E-state index contributed by atoms with van der Waals surface area (Å²) < 4.78 is 0. The van der Waals surface area contributed by atoms with Gasteiger partial charge in [-0.25, -0.2) is 9.97 Å². The molecule has 0 saturated heterocycles. The van der Waals surface area contributed by atoms with Gasteiger partial charge < -0.3 is 10.6 Å². The number of hydrogen-bond acceptors (Lipinski definition) is 6. The highest BCUT2D eigenvalue weighted by atomic mass is 16.1. The Balaban J connectivity index is 1.67. The summed E-state index contributed by atoms with van der Waals surface area (Å²) in [7, 11) is 0. The number of hydrogen-bond donors (Lipinski definition) is 2. The maximum atomic E-state index is 12.2. The van der Waals surface area contributed by atoms with E-state index in [1.54, 1.807) is 48.5 Å². The third kappa shape index (κ3) is 3.99. The van der Waals surface area contributed by atoms with Gasteiger partial charge >= 0.3 is 0 Å². The molecule has 2 aromatic carbocycles. The lowest BCUT2D eigenvalue weighted by Crippen LogP contribution is -2.13. The number of nitrogens with zero attached hydrogens (tertiary/aromatic N) is 4. The van der Waals surface area contributed by atoms with Crippen molar-refractivity contribution < 1.29 is 4.79 Å². The van der Waals surface area contributed by atoms with Crippen LogP contribution in [0, 0.1) is 22.7 Å². The van der Waals surface area contributed by atoms with Crippen LogP contribution in [0.15, 0.2) is 60.9 Å². The normalized spacial score (nSPS) is 9.62. The van der Waals surface area contributed by atoms with E-state index in [9.17, 15) is 4.79 Å². The Morgan fingerprint density at radius 2 is 1.58 bits per heavy atom. The Morgan fingerprint density at radius 3 is 2.23 bits per heavy atom. The molecular formula is C19H12N6O. The number of aromatic nitrogens is 2. The van der Waals surface area contributed by atoms with Gasteiger partial charge in [0.1, 0.15) is 0 Å². The molecule has 0 unspecified atom stereocenters. The van der Waals surface area contributed by atoms with Crippen molar-refractivity contribution >= 4 is 23.2 Å². The molecule has 3 rings (SSSR count). The van der Waals surface area contributed by atoms with E-state index in [4.69, 9.17) is 10.5 Å². The summed E-state index contributed by atoms with van der Waals surface area (Å²) in [4.78, 5) is 20.5. The first-order chi connectivity index (χ1) is 12.7. The summed E-state index contributed by atoms with van der Waals surface area (Å²) in [6, 6.07) is 17.5. The summed E-state index contributed by atoms with van der Waals surface area (Å²) in [5.74, 6) is -0.0391. The molecule has 0 spiro atoms. The predicted molar refractivity (Wildman–Crippen MR) is 95.6 cm³/mol. The first kappa shape index (κ1) is 16.6. The fourth-order valence-electron chi connectivity index (χ4n) is 2.14. The fourth-order valence-corrected chi connectivity index (χ4v) is 2.14. The van der Waals surface area contributed by atoms with Gasteiger partial charge in [0.15, 0.2) is 0 Å². The molecule has 7 heteroatoms. The molecule has 7 nitrogen and oxygen atoms in total. The van der Waals surface area contributed by atoms with Crippen molar-refractivity contribution in [1.82, 2.24) is 9.97 Å². The van der Waals surface area contributed by atoms with Gasteiger partial charge in [-0.3, -0.25) is 4.79 Å². The van der Waals surface area contributed by atoms with Crippen LogP contribution in [0.25, 0.3) is 0 Å². The largest absolute Gasteiger partial charge is 0.324 e. The van der Waals surface area contributed by atoms with E-state index in [-0.39, 0.29) is 11.5 Å². The van der Waals surface area contributed by atoms with Gasteiger partial charge in [-0.05, 0) is 42.5 Å². The van der Waals surface area contributed by atoms with E-state index in [2.05, 4.69) is 20.6 Å².